The molecule has 0 spiro atoms. The zero-order chi connectivity index (χ0) is 13.0. The quantitative estimate of drug-likeness (QED) is 0.696. The first-order valence-corrected chi connectivity index (χ1v) is 4.90. The van der Waals surface area contributed by atoms with Crippen molar-refractivity contribution in [2.45, 2.75) is 25.6 Å². The van der Waals surface area contributed by atoms with Gasteiger partial charge in [0, 0.05) is 11.8 Å². The van der Waals surface area contributed by atoms with E-state index in [2.05, 4.69) is 4.98 Å². The smallest absolute Gasteiger partial charge is 0.354 e. The van der Waals surface area contributed by atoms with E-state index in [1.807, 2.05) is 0 Å². The molecule has 1 rings (SSSR count). The summed E-state index contributed by atoms with van der Waals surface area (Å²) >= 11 is 0. The molecule has 0 saturated heterocycles. The number of carboxylic acid groups (broad SMARTS) is 1. The maximum Gasteiger partial charge on any atom is 0.354 e. The van der Waals surface area contributed by atoms with Gasteiger partial charge in [-0.3, -0.25) is 0 Å². The third kappa shape index (κ3) is 3.00. The number of rotatable bonds is 4. The highest BCUT2D eigenvalue weighted by molar-refractivity contribution is 5.87. The first kappa shape index (κ1) is 13.1. The van der Waals surface area contributed by atoms with Crippen molar-refractivity contribution in [2.24, 2.45) is 0 Å². The van der Waals surface area contributed by atoms with Crippen molar-refractivity contribution < 1.29 is 20.1 Å². The number of aryl methyl sites for hydroxylation is 1. The van der Waals surface area contributed by atoms with E-state index in [1.54, 1.807) is 13.0 Å². The van der Waals surface area contributed by atoms with Crippen LogP contribution < -0.4 is 0 Å². The molecule has 1 aromatic rings. The SMILES string of the molecule is Cc1cnc(C(=O)O)c(C(O)C(O)CC#N)c1. The number of pyridine rings is 1. The van der Waals surface area contributed by atoms with Crippen molar-refractivity contribution in [1.29, 1.82) is 5.26 Å². The Morgan fingerprint density at radius 1 is 1.59 bits per heavy atom. The monoisotopic (exact) mass is 236 g/mol. The largest absolute Gasteiger partial charge is 0.477 e. The zero-order valence-corrected chi connectivity index (χ0v) is 9.16. The molecule has 0 bridgehead atoms. The Labute approximate surface area is 97.8 Å². The first-order chi connectivity index (χ1) is 7.97. The molecule has 0 saturated carbocycles. The lowest BCUT2D eigenvalue weighted by atomic mass is 9.99. The molecule has 1 heterocycles. The van der Waals surface area contributed by atoms with Crippen LogP contribution >= 0.6 is 0 Å². The topological polar surface area (TPSA) is 114 Å². The van der Waals surface area contributed by atoms with Crippen LogP contribution in [0.25, 0.3) is 0 Å². The maximum absolute atomic E-state index is 10.9. The zero-order valence-electron chi connectivity index (χ0n) is 9.16. The normalized spacial score (nSPS) is 13.8. The van der Waals surface area contributed by atoms with Crippen molar-refractivity contribution in [3.63, 3.8) is 0 Å². The Morgan fingerprint density at radius 3 is 2.76 bits per heavy atom. The molecule has 6 heteroatoms. The fourth-order valence-electron chi connectivity index (χ4n) is 1.41. The van der Waals surface area contributed by atoms with E-state index in [0.29, 0.717) is 5.56 Å². The number of aliphatic hydroxyl groups is 2. The summed E-state index contributed by atoms with van der Waals surface area (Å²) in [6.45, 7) is 1.69. The molecule has 90 valence electrons. The van der Waals surface area contributed by atoms with E-state index in [4.69, 9.17) is 10.4 Å². The molecule has 0 fully saturated rings. The number of aliphatic hydroxyl groups excluding tert-OH is 2. The second-order valence-corrected chi connectivity index (χ2v) is 3.63. The maximum atomic E-state index is 10.9. The van der Waals surface area contributed by atoms with Crippen molar-refractivity contribution in [3.8, 4) is 6.07 Å². The molecular formula is C11H12N2O4. The van der Waals surface area contributed by atoms with E-state index in [-0.39, 0.29) is 17.7 Å². The summed E-state index contributed by atoms with van der Waals surface area (Å²) in [5.41, 5.74) is 0.355. The fraction of sp³-hybridized carbons (Fsp3) is 0.364. The van der Waals surface area contributed by atoms with Gasteiger partial charge < -0.3 is 15.3 Å². The standard InChI is InChI=1S/C11H12N2O4/c1-6-4-7(9(11(16)17)13-5-6)10(15)8(14)2-3-12/h4-5,8,10,14-15H,2H2,1H3,(H,16,17). The third-order valence-electron chi connectivity index (χ3n) is 2.24. The van der Waals surface area contributed by atoms with E-state index in [9.17, 15) is 15.0 Å². The molecule has 0 aliphatic carbocycles. The van der Waals surface area contributed by atoms with Crippen LogP contribution in [-0.4, -0.2) is 32.4 Å². The summed E-state index contributed by atoms with van der Waals surface area (Å²) in [5, 5.41) is 36.6. The van der Waals surface area contributed by atoms with Crippen LogP contribution in [0.15, 0.2) is 12.3 Å². The van der Waals surface area contributed by atoms with Crippen LogP contribution in [0.3, 0.4) is 0 Å². The number of hydrogen-bond donors (Lipinski definition) is 3. The summed E-state index contributed by atoms with van der Waals surface area (Å²) < 4.78 is 0. The van der Waals surface area contributed by atoms with Crippen LogP contribution in [0.1, 0.15) is 34.1 Å². The Morgan fingerprint density at radius 2 is 2.24 bits per heavy atom. The number of hydrogen-bond acceptors (Lipinski definition) is 5. The molecule has 0 aromatic carbocycles. The first-order valence-electron chi connectivity index (χ1n) is 4.90. The second-order valence-electron chi connectivity index (χ2n) is 3.63. The number of nitrogens with zero attached hydrogens (tertiary/aromatic N) is 2. The minimum absolute atomic E-state index is 0.0141. The molecule has 2 atom stereocenters. The Balaban J connectivity index is 3.15. The molecule has 0 aliphatic heterocycles. The number of carboxylic acids is 1. The minimum Gasteiger partial charge on any atom is -0.477 e. The summed E-state index contributed by atoms with van der Waals surface area (Å²) in [7, 11) is 0. The molecule has 3 N–H and O–H groups in total. The van der Waals surface area contributed by atoms with Crippen molar-refractivity contribution in [3.05, 3.63) is 29.1 Å². The van der Waals surface area contributed by atoms with Crippen LogP contribution in [0, 0.1) is 18.3 Å². The summed E-state index contributed by atoms with van der Waals surface area (Å²) in [6, 6.07) is 3.14. The van der Waals surface area contributed by atoms with Crippen LogP contribution in [0.4, 0.5) is 0 Å². The van der Waals surface area contributed by atoms with Crippen LogP contribution in [0.5, 0.6) is 0 Å². The summed E-state index contributed by atoms with van der Waals surface area (Å²) in [6.07, 6.45) is -1.69. The predicted octanol–water partition coefficient (Wildman–Crippen LogP) is 0.396. The van der Waals surface area contributed by atoms with E-state index < -0.39 is 18.2 Å². The highest BCUT2D eigenvalue weighted by Gasteiger charge is 2.24. The molecule has 6 nitrogen and oxygen atoms in total. The van der Waals surface area contributed by atoms with Crippen molar-refractivity contribution in [2.75, 3.05) is 0 Å². The lowest BCUT2D eigenvalue weighted by Crippen LogP contribution is -2.21. The van der Waals surface area contributed by atoms with Gasteiger partial charge in [-0.25, -0.2) is 9.78 Å². The van der Waals surface area contributed by atoms with Crippen molar-refractivity contribution >= 4 is 5.97 Å². The van der Waals surface area contributed by atoms with Gasteiger partial charge in [0.1, 0.15) is 6.10 Å². The Hall–Kier alpha value is -1.97. The van der Waals surface area contributed by atoms with Gasteiger partial charge in [-0.1, -0.05) is 0 Å². The molecule has 17 heavy (non-hydrogen) atoms. The van der Waals surface area contributed by atoms with Gasteiger partial charge in [-0.2, -0.15) is 5.26 Å². The minimum atomic E-state index is -1.44. The predicted molar refractivity (Wildman–Crippen MR) is 57.1 cm³/mol. The lowest BCUT2D eigenvalue weighted by Gasteiger charge is -2.17. The van der Waals surface area contributed by atoms with Gasteiger partial charge in [0.05, 0.1) is 18.6 Å². The van der Waals surface area contributed by atoms with Gasteiger partial charge in [-0.15, -0.1) is 0 Å². The molecule has 0 aliphatic rings. The number of nitriles is 1. The molecular weight excluding hydrogens is 224 g/mol. The molecule has 0 amide bonds. The average molecular weight is 236 g/mol. The van der Waals surface area contributed by atoms with Gasteiger partial charge >= 0.3 is 5.97 Å². The summed E-state index contributed by atoms with van der Waals surface area (Å²) in [4.78, 5) is 14.6. The van der Waals surface area contributed by atoms with Crippen molar-refractivity contribution in [1.82, 2.24) is 4.98 Å². The Kier molecular flexibility index (Phi) is 4.15. The molecule has 2 unspecified atom stereocenters. The highest BCUT2D eigenvalue weighted by Crippen LogP contribution is 2.22. The fourth-order valence-corrected chi connectivity index (χ4v) is 1.41. The second kappa shape index (κ2) is 5.39. The Bertz CT molecular complexity index is 467. The van der Waals surface area contributed by atoms with E-state index >= 15 is 0 Å². The number of carbonyl (C=O) groups is 1. The molecule has 1 aromatic heterocycles. The average Bonchev–Trinajstić information content (AvgIpc) is 2.27. The van der Waals surface area contributed by atoms with E-state index in [0.717, 1.165) is 0 Å². The number of aromatic nitrogens is 1. The highest BCUT2D eigenvalue weighted by atomic mass is 16.4. The van der Waals surface area contributed by atoms with Gasteiger partial charge in [-0.05, 0) is 18.6 Å². The lowest BCUT2D eigenvalue weighted by molar-refractivity contribution is 0.0202. The van der Waals surface area contributed by atoms with Gasteiger partial charge in [0.2, 0.25) is 0 Å². The van der Waals surface area contributed by atoms with Crippen LogP contribution in [0.2, 0.25) is 0 Å². The van der Waals surface area contributed by atoms with Gasteiger partial charge in [0.15, 0.2) is 5.69 Å². The van der Waals surface area contributed by atoms with Crippen LogP contribution in [-0.2, 0) is 0 Å². The summed E-state index contributed by atoms with van der Waals surface area (Å²) in [5.74, 6) is -1.29. The van der Waals surface area contributed by atoms with Gasteiger partial charge in [0.25, 0.3) is 0 Å². The molecule has 0 radical (unpaired) electrons. The number of aromatic carboxylic acids is 1. The van der Waals surface area contributed by atoms with E-state index in [1.165, 1.54) is 12.3 Å². The third-order valence-corrected chi connectivity index (χ3v) is 2.24.